The maximum Gasteiger partial charge on any atom is 0.315 e. The van der Waals surface area contributed by atoms with Crippen molar-refractivity contribution < 1.29 is 4.92 Å². The summed E-state index contributed by atoms with van der Waals surface area (Å²) in [7, 11) is 0. The van der Waals surface area contributed by atoms with Crippen LogP contribution in [-0.2, 0) is 6.42 Å². The normalized spacial score (nSPS) is 10.2. The molecule has 0 radical (unpaired) electrons. The van der Waals surface area contributed by atoms with E-state index in [0.717, 1.165) is 6.42 Å². The van der Waals surface area contributed by atoms with E-state index in [0.29, 0.717) is 24.5 Å². The maximum atomic E-state index is 11.2. The Morgan fingerprint density at radius 2 is 1.95 bits per heavy atom. The predicted molar refractivity (Wildman–Crippen MR) is 83.8 cm³/mol. The Morgan fingerprint density at radius 1 is 1.20 bits per heavy atom. The molecule has 0 aliphatic heterocycles. The first-order chi connectivity index (χ1) is 9.72. The van der Waals surface area contributed by atoms with Crippen molar-refractivity contribution in [2.24, 2.45) is 0 Å². The highest BCUT2D eigenvalue weighted by Crippen LogP contribution is 2.32. The molecule has 1 aromatic heterocycles. The van der Waals surface area contributed by atoms with Gasteiger partial charge in [-0.1, -0.05) is 12.1 Å². The fraction of sp³-hybridized carbons (Fsp3) is 0.286. The number of anilines is 2. The largest absolute Gasteiger partial charge is 0.380 e. The number of nitrogens with zero attached hydrogens (tertiary/aromatic N) is 1. The van der Waals surface area contributed by atoms with Crippen molar-refractivity contribution in [1.29, 1.82) is 0 Å². The van der Waals surface area contributed by atoms with Crippen molar-refractivity contribution in [2.75, 3.05) is 23.7 Å². The van der Waals surface area contributed by atoms with E-state index in [2.05, 4.69) is 16.7 Å². The van der Waals surface area contributed by atoms with Gasteiger partial charge in [0.05, 0.1) is 4.92 Å². The van der Waals surface area contributed by atoms with Gasteiger partial charge in [0.2, 0.25) is 0 Å². The minimum absolute atomic E-state index is 0.112. The average molecular weight is 291 g/mol. The fourth-order valence-electron chi connectivity index (χ4n) is 1.99. The summed E-state index contributed by atoms with van der Waals surface area (Å²) in [5.41, 5.74) is 1.23. The molecule has 2 N–H and O–H groups in total. The van der Waals surface area contributed by atoms with E-state index in [-0.39, 0.29) is 10.6 Å². The summed E-state index contributed by atoms with van der Waals surface area (Å²) >= 11 is 1.69. The molecule has 0 fully saturated rings. The highest BCUT2D eigenvalue weighted by atomic mass is 32.1. The average Bonchev–Trinajstić information content (AvgIpc) is 2.92. The first-order valence-corrected chi connectivity index (χ1v) is 7.38. The minimum Gasteiger partial charge on any atom is -0.380 e. The molecule has 0 aliphatic rings. The van der Waals surface area contributed by atoms with E-state index in [1.807, 2.05) is 24.4 Å². The Balaban J connectivity index is 2.09. The van der Waals surface area contributed by atoms with Crippen LogP contribution < -0.4 is 10.6 Å². The lowest BCUT2D eigenvalue weighted by atomic mass is 10.2. The zero-order valence-electron chi connectivity index (χ0n) is 11.3. The first-order valence-electron chi connectivity index (χ1n) is 6.50. The molecule has 0 bridgehead atoms. The minimum atomic E-state index is -0.342. The molecule has 0 saturated carbocycles. The van der Waals surface area contributed by atoms with Crippen LogP contribution in [0.5, 0.6) is 0 Å². The molecule has 106 valence electrons. The molecule has 2 aromatic rings. The van der Waals surface area contributed by atoms with Crippen LogP contribution in [0.2, 0.25) is 0 Å². The van der Waals surface area contributed by atoms with E-state index in [1.54, 1.807) is 23.5 Å². The van der Waals surface area contributed by atoms with Gasteiger partial charge in [0.25, 0.3) is 0 Å². The van der Waals surface area contributed by atoms with E-state index in [9.17, 15) is 10.1 Å². The summed E-state index contributed by atoms with van der Waals surface area (Å²) in [4.78, 5) is 12.2. The number of nitro groups is 1. The Kier molecular flexibility index (Phi) is 4.95. The van der Waals surface area contributed by atoms with Crippen molar-refractivity contribution in [3.05, 3.63) is 50.7 Å². The van der Waals surface area contributed by atoms with E-state index in [1.165, 1.54) is 4.88 Å². The number of hydrogen-bond donors (Lipinski definition) is 2. The third kappa shape index (κ3) is 3.48. The smallest absolute Gasteiger partial charge is 0.315 e. The standard InChI is InChI=1S/C14H17N3O2S/c1-2-15-12-6-3-7-13(14(12)17(18)19)16-9-8-11-5-4-10-20-11/h3-7,10,15-16H,2,8-9H2,1H3. The maximum absolute atomic E-state index is 11.2. The number of para-hydroxylation sites is 1. The van der Waals surface area contributed by atoms with Crippen molar-refractivity contribution >= 4 is 28.4 Å². The number of rotatable bonds is 7. The van der Waals surface area contributed by atoms with Crippen LogP contribution in [0.4, 0.5) is 17.1 Å². The van der Waals surface area contributed by atoms with Gasteiger partial charge in [-0.15, -0.1) is 11.3 Å². The topological polar surface area (TPSA) is 67.2 Å². The van der Waals surface area contributed by atoms with Crippen LogP contribution in [-0.4, -0.2) is 18.0 Å². The van der Waals surface area contributed by atoms with E-state index < -0.39 is 0 Å². The third-order valence-corrected chi connectivity index (χ3v) is 3.79. The molecule has 2 rings (SSSR count). The van der Waals surface area contributed by atoms with Crippen LogP contribution in [0.3, 0.4) is 0 Å². The molecule has 0 aliphatic carbocycles. The highest BCUT2D eigenvalue weighted by molar-refractivity contribution is 7.09. The number of benzene rings is 1. The summed E-state index contributed by atoms with van der Waals surface area (Å²) < 4.78 is 0. The summed E-state index contributed by atoms with van der Waals surface area (Å²) in [6.45, 7) is 3.25. The van der Waals surface area contributed by atoms with Crippen LogP contribution in [0.1, 0.15) is 11.8 Å². The quantitative estimate of drug-likeness (QED) is 0.602. The second kappa shape index (κ2) is 6.91. The summed E-state index contributed by atoms with van der Waals surface area (Å²) in [6.07, 6.45) is 0.861. The number of hydrogen-bond acceptors (Lipinski definition) is 5. The third-order valence-electron chi connectivity index (χ3n) is 2.85. The molecular weight excluding hydrogens is 274 g/mol. The Morgan fingerprint density at radius 3 is 2.55 bits per heavy atom. The van der Waals surface area contributed by atoms with Gasteiger partial charge in [0.15, 0.2) is 0 Å². The summed E-state index contributed by atoms with van der Waals surface area (Å²) in [5, 5.41) is 19.4. The molecule has 1 aromatic carbocycles. The molecule has 20 heavy (non-hydrogen) atoms. The lowest BCUT2D eigenvalue weighted by Crippen LogP contribution is -2.08. The second-order valence-electron chi connectivity index (χ2n) is 4.25. The van der Waals surface area contributed by atoms with Gasteiger partial charge in [-0.3, -0.25) is 10.1 Å². The molecule has 0 spiro atoms. The number of nitrogens with one attached hydrogen (secondary N) is 2. The van der Waals surface area contributed by atoms with E-state index >= 15 is 0 Å². The van der Waals surface area contributed by atoms with Crippen LogP contribution in [0.15, 0.2) is 35.7 Å². The van der Waals surface area contributed by atoms with Crippen LogP contribution in [0, 0.1) is 10.1 Å². The van der Waals surface area contributed by atoms with Crippen molar-refractivity contribution in [3.8, 4) is 0 Å². The van der Waals surface area contributed by atoms with Crippen molar-refractivity contribution in [3.63, 3.8) is 0 Å². The molecule has 6 heteroatoms. The zero-order chi connectivity index (χ0) is 14.4. The Hall–Kier alpha value is -2.08. The highest BCUT2D eigenvalue weighted by Gasteiger charge is 2.18. The Labute approximate surface area is 121 Å². The number of nitro benzene ring substituents is 1. The van der Waals surface area contributed by atoms with Gasteiger partial charge in [0.1, 0.15) is 11.4 Å². The molecule has 0 saturated heterocycles. The summed E-state index contributed by atoms with van der Waals surface area (Å²) in [6, 6.07) is 9.36. The van der Waals surface area contributed by atoms with E-state index in [4.69, 9.17) is 0 Å². The molecule has 5 nitrogen and oxygen atoms in total. The van der Waals surface area contributed by atoms with Crippen molar-refractivity contribution in [2.45, 2.75) is 13.3 Å². The van der Waals surface area contributed by atoms with Gasteiger partial charge in [-0.25, -0.2) is 0 Å². The van der Waals surface area contributed by atoms with Crippen LogP contribution >= 0.6 is 11.3 Å². The molecular formula is C14H17N3O2S. The SMILES string of the molecule is CCNc1cccc(NCCc2cccs2)c1[N+](=O)[O-]. The Bertz CT molecular complexity index is 570. The fourth-order valence-corrected chi connectivity index (χ4v) is 2.70. The number of thiophene rings is 1. The van der Waals surface area contributed by atoms with Gasteiger partial charge in [0, 0.05) is 18.0 Å². The monoisotopic (exact) mass is 291 g/mol. The van der Waals surface area contributed by atoms with Gasteiger partial charge < -0.3 is 10.6 Å². The van der Waals surface area contributed by atoms with Crippen molar-refractivity contribution in [1.82, 2.24) is 0 Å². The lowest BCUT2D eigenvalue weighted by Gasteiger charge is -2.10. The summed E-state index contributed by atoms with van der Waals surface area (Å²) in [5.74, 6) is 0. The second-order valence-corrected chi connectivity index (χ2v) is 5.28. The molecule has 0 amide bonds. The van der Waals surface area contributed by atoms with Gasteiger partial charge in [-0.05, 0) is 36.9 Å². The first kappa shape index (κ1) is 14.3. The zero-order valence-corrected chi connectivity index (χ0v) is 12.1. The van der Waals surface area contributed by atoms with Gasteiger partial charge in [-0.2, -0.15) is 0 Å². The molecule has 0 unspecified atom stereocenters. The molecule has 1 heterocycles. The molecule has 0 atom stereocenters. The van der Waals surface area contributed by atoms with Crippen LogP contribution in [0.25, 0.3) is 0 Å². The lowest BCUT2D eigenvalue weighted by molar-refractivity contribution is -0.383. The predicted octanol–water partition coefficient (Wildman–Crippen LogP) is 3.74. The van der Waals surface area contributed by atoms with Gasteiger partial charge >= 0.3 is 5.69 Å².